The van der Waals surface area contributed by atoms with E-state index in [0.717, 1.165) is 12.8 Å². The minimum absolute atomic E-state index is 0.211. The summed E-state index contributed by atoms with van der Waals surface area (Å²) in [6, 6.07) is 29.1. The zero-order valence-electron chi connectivity index (χ0n) is 18.4. The number of hydrogen-bond donors (Lipinski definition) is 0. The van der Waals surface area contributed by atoms with E-state index in [2.05, 4.69) is 74.5 Å². The minimum Gasteiger partial charge on any atom is -0.456 e. The van der Waals surface area contributed by atoms with E-state index >= 15 is 0 Å². The molecule has 0 atom stereocenters. The van der Waals surface area contributed by atoms with Gasteiger partial charge in [-0.25, -0.2) is 4.79 Å². The maximum Gasteiger partial charge on any atom is 0.338 e. The molecule has 2 nitrogen and oxygen atoms in total. The van der Waals surface area contributed by atoms with Crippen LogP contribution in [0.1, 0.15) is 56.3 Å². The maximum atomic E-state index is 12.9. The van der Waals surface area contributed by atoms with Crippen LogP contribution >= 0.6 is 0 Å². The number of carbonyl (C=O) groups excluding carboxylic acids is 1. The summed E-state index contributed by atoms with van der Waals surface area (Å²) >= 11 is 0. The zero-order chi connectivity index (χ0) is 21.7. The predicted molar refractivity (Wildman–Crippen MR) is 128 cm³/mol. The quantitative estimate of drug-likeness (QED) is 0.302. The smallest absolute Gasteiger partial charge is 0.338 e. The third-order valence-electron chi connectivity index (χ3n) is 6.23. The molecule has 0 amide bonds. The highest BCUT2D eigenvalue weighted by atomic mass is 32.2. The third-order valence-corrected chi connectivity index (χ3v) is 8.46. The largest absolute Gasteiger partial charge is 0.456 e. The number of ether oxygens (including phenoxy) is 1. The van der Waals surface area contributed by atoms with Crippen LogP contribution in [-0.2, 0) is 15.6 Å². The fourth-order valence-electron chi connectivity index (χ4n) is 4.43. The first-order chi connectivity index (χ1) is 15.0. The van der Waals surface area contributed by atoms with Gasteiger partial charge in [0.25, 0.3) is 0 Å². The highest BCUT2D eigenvalue weighted by Gasteiger charge is 2.35. The number of rotatable bonds is 6. The lowest BCUT2D eigenvalue weighted by molar-refractivity contribution is -0.0384. The van der Waals surface area contributed by atoms with Gasteiger partial charge < -0.3 is 4.74 Å². The molecule has 0 aromatic heterocycles. The molecular formula is C28H31O2S+. The van der Waals surface area contributed by atoms with Crippen molar-refractivity contribution in [1.29, 1.82) is 0 Å². The van der Waals surface area contributed by atoms with Crippen LogP contribution in [0.4, 0.5) is 0 Å². The van der Waals surface area contributed by atoms with Crippen molar-refractivity contribution in [2.45, 2.75) is 66.2 Å². The van der Waals surface area contributed by atoms with E-state index in [-0.39, 0.29) is 16.9 Å². The first-order valence-corrected chi connectivity index (χ1v) is 12.4. The lowest BCUT2D eigenvalue weighted by Gasteiger charge is -2.36. The van der Waals surface area contributed by atoms with E-state index in [1.807, 2.05) is 24.3 Å². The molecule has 31 heavy (non-hydrogen) atoms. The van der Waals surface area contributed by atoms with Gasteiger partial charge in [-0.2, -0.15) is 0 Å². The van der Waals surface area contributed by atoms with Crippen molar-refractivity contribution in [2.75, 3.05) is 0 Å². The summed E-state index contributed by atoms with van der Waals surface area (Å²) in [6.07, 6.45) is 6.07. The van der Waals surface area contributed by atoms with Gasteiger partial charge in [0.1, 0.15) is 5.60 Å². The molecular weight excluding hydrogens is 400 g/mol. The van der Waals surface area contributed by atoms with E-state index in [9.17, 15) is 4.79 Å². The normalized spacial score (nSPS) is 15.1. The molecule has 160 valence electrons. The molecule has 3 heteroatoms. The summed E-state index contributed by atoms with van der Waals surface area (Å²) in [7, 11) is -0.211. The van der Waals surface area contributed by atoms with E-state index < -0.39 is 5.60 Å². The average Bonchev–Trinajstić information content (AvgIpc) is 2.81. The Bertz CT molecular complexity index is 935. The summed E-state index contributed by atoms with van der Waals surface area (Å²) in [6.45, 7) is 4.13. The Kier molecular flexibility index (Phi) is 6.82. The molecule has 0 heterocycles. The summed E-state index contributed by atoms with van der Waals surface area (Å²) in [5, 5.41) is 0. The highest BCUT2D eigenvalue weighted by molar-refractivity contribution is 7.97. The van der Waals surface area contributed by atoms with Gasteiger partial charge in [0.2, 0.25) is 0 Å². The summed E-state index contributed by atoms with van der Waals surface area (Å²) in [4.78, 5) is 16.6. The van der Waals surface area contributed by atoms with Gasteiger partial charge >= 0.3 is 5.97 Å². The van der Waals surface area contributed by atoms with Crippen molar-refractivity contribution in [2.24, 2.45) is 5.92 Å². The molecule has 3 aromatic carbocycles. The Labute approximate surface area is 189 Å². The minimum atomic E-state index is -0.422. The fraction of sp³-hybridized carbons (Fsp3) is 0.321. The molecule has 1 aliphatic rings. The van der Waals surface area contributed by atoms with E-state index in [1.165, 1.54) is 33.9 Å². The van der Waals surface area contributed by atoms with Crippen molar-refractivity contribution in [3.05, 3.63) is 90.5 Å². The number of carbonyl (C=O) groups is 1. The molecule has 3 aromatic rings. The van der Waals surface area contributed by atoms with Crippen LogP contribution in [0.5, 0.6) is 0 Å². The Morgan fingerprint density at radius 2 is 1.23 bits per heavy atom. The van der Waals surface area contributed by atoms with Crippen molar-refractivity contribution >= 4 is 16.9 Å². The Morgan fingerprint density at radius 1 is 0.742 bits per heavy atom. The lowest BCUT2D eigenvalue weighted by Crippen LogP contribution is -2.37. The van der Waals surface area contributed by atoms with Crippen LogP contribution in [0, 0.1) is 5.92 Å². The third kappa shape index (κ3) is 5.22. The van der Waals surface area contributed by atoms with Crippen LogP contribution < -0.4 is 0 Å². The second-order valence-electron chi connectivity index (χ2n) is 8.78. The van der Waals surface area contributed by atoms with Crippen LogP contribution in [-0.4, -0.2) is 11.6 Å². The molecule has 0 radical (unpaired) electrons. The van der Waals surface area contributed by atoms with Crippen molar-refractivity contribution in [3.8, 4) is 0 Å². The molecule has 0 aliphatic heterocycles. The van der Waals surface area contributed by atoms with Crippen LogP contribution in [0.25, 0.3) is 0 Å². The maximum absolute atomic E-state index is 12.9. The Balaban J connectivity index is 1.55. The van der Waals surface area contributed by atoms with Crippen LogP contribution in [0.3, 0.4) is 0 Å². The van der Waals surface area contributed by atoms with Gasteiger partial charge in [-0.15, -0.1) is 0 Å². The summed E-state index contributed by atoms with van der Waals surface area (Å²) in [5.74, 6) is 0.230. The average molecular weight is 432 g/mol. The van der Waals surface area contributed by atoms with Crippen molar-refractivity contribution in [3.63, 3.8) is 0 Å². The first-order valence-electron chi connectivity index (χ1n) is 11.2. The molecule has 0 N–H and O–H groups in total. The van der Waals surface area contributed by atoms with Gasteiger partial charge in [-0.3, -0.25) is 0 Å². The molecule has 0 saturated heterocycles. The molecule has 1 saturated carbocycles. The number of hydrogen-bond acceptors (Lipinski definition) is 2. The van der Waals surface area contributed by atoms with Crippen LogP contribution in [0.15, 0.2) is 99.6 Å². The molecule has 1 fully saturated rings. The molecule has 0 spiro atoms. The lowest BCUT2D eigenvalue weighted by atomic mass is 9.79. The van der Waals surface area contributed by atoms with Gasteiger partial charge in [0.15, 0.2) is 14.7 Å². The topological polar surface area (TPSA) is 26.3 Å². The number of benzene rings is 3. The second kappa shape index (κ2) is 9.74. The Hall–Kier alpha value is -2.52. The van der Waals surface area contributed by atoms with Crippen molar-refractivity contribution in [1.82, 2.24) is 0 Å². The van der Waals surface area contributed by atoms with E-state index in [1.54, 1.807) is 0 Å². The predicted octanol–water partition coefficient (Wildman–Crippen LogP) is 7.30. The highest BCUT2D eigenvalue weighted by Crippen LogP contribution is 2.36. The monoisotopic (exact) mass is 431 g/mol. The molecule has 1 aliphatic carbocycles. The van der Waals surface area contributed by atoms with Gasteiger partial charge in [0.05, 0.1) is 16.5 Å². The van der Waals surface area contributed by atoms with Gasteiger partial charge in [-0.1, -0.05) is 55.7 Å². The summed E-state index contributed by atoms with van der Waals surface area (Å²) < 4.78 is 6.00. The Morgan fingerprint density at radius 3 is 1.74 bits per heavy atom. The summed E-state index contributed by atoms with van der Waals surface area (Å²) in [5.41, 5.74) is 0.200. The van der Waals surface area contributed by atoms with E-state index in [4.69, 9.17) is 4.74 Å². The molecule has 4 rings (SSSR count). The fourth-order valence-corrected chi connectivity index (χ4v) is 6.51. The van der Waals surface area contributed by atoms with Gasteiger partial charge in [0, 0.05) is 0 Å². The standard InChI is InChI=1S/C28H31O2S/c1-28(2,23-12-6-3-7-13-23)30-27(29)22-18-20-26(21-19-22)31(24-14-8-4-9-15-24)25-16-10-5-11-17-25/h4-5,8-11,14-21,23H,3,6-7,12-13H2,1-2H3/q+1. The SMILES string of the molecule is CC(C)(OC(=O)c1ccc([S+](c2ccccc2)c2ccccc2)cc1)C1CCCCC1. The zero-order valence-corrected chi connectivity index (χ0v) is 19.2. The molecule has 0 bridgehead atoms. The van der Waals surface area contributed by atoms with Crippen molar-refractivity contribution < 1.29 is 9.53 Å². The van der Waals surface area contributed by atoms with E-state index in [0.29, 0.717) is 11.5 Å². The molecule has 0 unspecified atom stereocenters. The second-order valence-corrected chi connectivity index (χ2v) is 10.8. The first kappa shape index (κ1) is 21.7. The number of esters is 1. The van der Waals surface area contributed by atoms with Crippen LogP contribution in [0.2, 0.25) is 0 Å². The van der Waals surface area contributed by atoms with Gasteiger partial charge in [-0.05, 0) is 81.1 Å².